The molecule has 146 valence electrons. The van der Waals surface area contributed by atoms with Crippen molar-refractivity contribution in [3.8, 4) is 11.5 Å². The van der Waals surface area contributed by atoms with Crippen LogP contribution in [0.25, 0.3) is 0 Å². The Morgan fingerprint density at radius 3 is 1.46 bits per heavy atom. The van der Waals surface area contributed by atoms with Crippen LogP contribution in [0.4, 0.5) is 11.4 Å². The first-order valence-corrected chi connectivity index (χ1v) is 9.29. The van der Waals surface area contributed by atoms with Crippen LogP contribution in [-0.2, 0) is 9.59 Å². The van der Waals surface area contributed by atoms with Gasteiger partial charge in [0.25, 0.3) is 0 Å². The summed E-state index contributed by atoms with van der Waals surface area (Å²) in [5.74, 6) is -0.0292. The van der Waals surface area contributed by atoms with Gasteiger partial charge in [0.1, 0.15) is 11.5 Å². The smallest absolute Gasteiger partial charge is 0.232 e. The normalized spacial score (nSPS) is 17.6. The predicted molar refractivity (Wildman–Crippen MR) is 109 cm³/mol. The summed E-state index contributed by atoms with van der Waals surface area (Å²) in [7, 11) is 0. The molecule has 0 radical (unpaired) electrons. The van der Waals surface area contributed by atoms with Crippen molar-refractivity contribution in [1.29, 1.82) is 0 Å². The van der Waals surface area contributed by atoms with Crippen molar-refractivity contribution in [2.75, 3.05) is 23.8 Å². The number of benzene rings is 2. The number of amides is 2. The number of hydrogen-bond donors (Lipinski definition) is 2. The molecule has 0 bridgehead atoms. The maximum atomic E-state index is 12.5. The van der Waals surface area contributed by atoms with Gasteiger partial charge >= 0.3 is 0 Å². The van der Waals surface area contributed by atoms with E-state index in [9.17, 15) is 9.59 Å². The first-order valence-electron chi connectivity index (χ1n) is 9.29. The second kappa shape index (κ2) is 8.61. The van der Waals surface area contributed by atoms with E-state index in [0.717, 1.165) is 11.5 Å². The first kappa shape index (κ1) is 19.5. The molecule has 0 unspecified atom stereocenters. The molecule has 3 rings (SSSR count). The molecule has 0 spiro atoms. The van der Waals surface area contributed by atoms with Crippen LogP contribution in [0.5, 0.6) is 11.5 Å². The third-order valence-corrected chi connectivity index (χ3v) is 4.45. The molecule has 28 heavy (non-hydrogen) atoms. The fourth-order valence-electron chi connectivity index (χ4n) is 3.00. The topological polar surface area (TPSA) is 76.7 Å². The quantitative estimate of drug-likeness (QED) is 0.682. The summed E-state index contributed by atoms with van der Waals surface area (Å²) < 4.78 is 10.8. The Kier molecular flexibility index (Phi) is 5.99. The van der Waals surface area contributed by atoms with Gasteiger partial charge in [-0.15, -0.1) is 0 Å². The highest BCUT2D eigenvalue weighted by atomic mass is 16.5. The highest BCUT2D eigenvalue weighted by Gasteiger charge is 2.52. The molecule has 2 N–H and O–H groups in total. The molecule has 6 nitrogen and oxygen atoms in total. The van der Waals surface area contributed by atoms with Crippen molar-refractivity contribution < 1.29 is 19.1 Å². The highest BCUT2D eigenvalue weighted by Crippen LogP contribution is 2.45. The van der Waals surface area contributed by atoms with Gasteiger partial charge in [0.2, 0.25) is 11.8 Å². The number of anilines is 2. The summed E-state index contributed by atoms with van der Waals surface area (Å²) in [6.45, 7) is 8.85. The second-order valence-corrected chi connectivity index (χ2v) is 6.42. The van der Waals surface area contributed by atoms with Crippen LogP contribution in [0, 0.1) is 11.8 Å². The Balaban J connectivity index is 1.55. The summed E-state index contributed by atoms with van der Waals surface area (Å²) in [5, 5.41) is 5.64. The van der Waals surface area contributed by atoms with Crippen LogP contribution in [-0.4, -0.2) is 25.0 Å². The van der Waals surface area contributed by atoms with Gasteiger partial charge in [-0.1, -0.05) is 12.2 Å². The SMILES string of the molecule is C=C1[C@H](C(=O)Nc2ccc(OCC)cc2)[C@@H]1C(=O)Nc1ccc(OCC)cc1. The summed E-state index contributed by atoms with van der Waals surface area (Å²) in [6, 6.07) is 14.2. The Bertz CT molecular complexity index is 788. The predicted octanol–water partition coefficient (Wildman–Crippen LogP) is 3.86. The van der Waals surface area contributed by atoms with Crippen molar-refractivity contribution in [3.63, 3.8) is 0 Å². The average Bonchev–Trinajstić information content (AvgIpc) is 3.37. The molecular formula is C22H24N2O4. The third kappa shape index (κ3) is 4.52. The lowest BCUT2D eigenvalue weighted by Gasteiger charge is -2.08. The van der Waals surface area contributed by atoms with Crippen LogP contribution in [0.2, 0.25) is 0 Å². The van der Waals surface area contributed by atoms with Crippen molar-refractivity contribution in [2.24, 2.45) is 11.8 Å². The van der Waals surface area contributed by atoms with E-state index in [-0.39, 0.29) is 11.8 Å². The van der Waals surface area contributed by atoms with E-state index in [2.05, 4.69) is 17.2 Å². The standard InChI is InChI=1S/C22H24N2O4/c1-4-27-17-10-6-15(7-11-17)23-21(25)19-14(3)20(19)22(26)24-16-8-12-18(13-9-16)28-5-2/h6-13,19-20H,3-5H2,1-2H3,(H,23,25)(H,24,26)/t19-,20+. The van der Waals surface area contributed by atoms with E-state index in [1.807, 2.05) is 13.8 Å². The van der Waals surface area contributed by atoms with Crippen molar-refractivity contribution in [1.82, 2.24) is 0 Å². The van der Waals surface area contributed by atoms with Gasteiger partial charge in [0.15, 0.2) is 0 Å². The zero-order chi connectivity index (χ0) is 20.1. The fraction of sp³-hybridized carbons (Fsp3) is 0.273. The molecule has 2 aromatic rings. The molecule has 0 heterocycles. The lowest BCUT2D eigenvalue weighted by atomic mass is 10.2. The molecule has 1 saturated carbocycles. The third-order valence-electron chi connectivity index (χ3n) is 4.45. The Hall–Kier alpha value is -3.28. The van der Waals surface area contributed by atoms with Crippen molar-refractivity contribution in [3.05, 3.63) is 60.7 Å². The number of carbonyl (C=O) groups excluding carboxylic acids is 2. The minimum atomic E-state index is -0.519. The van der Waals surface area contributed by atoms with Gasteiger partial charge in [0.05, 0.1) is 25.0 Å². The summed E-state index contributed by atoms with van der Waals surface area (Å²) in [6.07, 6.45) is 0. The van der Waals surface area contributed by atoms with E-state index in [4.69, 9.17) is 9.47 Å². The molecule has 0 aromatic heterocycles. The second-order valence-electron chi connectivity index (χ2n) is 6.42. The average molecular weight is 380 g/mol. The van der Waals surface area contributed by atoms with Crippen LogP contribution in [0.1, 0.15) is 13.8 Å². The van der Waals surface area contributed by atoms with E-state index in [1.54, 1.807) is 48.5 Å². The molecule has 2 amide bonds. The minimum Gasteiger partial charge on any atom is -0.494 e. The largest absolute Gasteiger partial charge is 0.494 e. The van der Waals surface area contributed by atoms with Crippen LogP contribution < -0.4 is 20.1 Å². The Morgan fingerprint density at radius 1 is 0.786 bits per heavy atom. The van der Waals surface area contributed by atoms with Crippen LogP contribution in [0.15, 0.2) is 60.7 Å². The van der Waals surface area contributed by atoms with Gasteiger partial charge in [0, 0.05) is 11.4 Å². The fourth-order valence-corrected chi connectivity index (χ4v) is 3.00. The zero-order valence-electron chi connectivity index (χ0n) is 16.0. The molecule has 1 aliphatic rings. The minimum absolute atomic E-state index is 0.235. The monoisotopic (exact) mass is 380 g/mol. The van der Waals surface area contributed by atoms with Gasteiger partial charge in [-0.2, -0.15) is 0 Å². The van der Waals surface area contributed by atoms with Gasteiger partial charge in [-0.25, -0.2) is 0 Å². The number of ether oxygens (including phenoxy) is 2. The van der Waals surface area contributed by atoms with E-state index < -0.39 is 11.8 Å². The molecule has 0 saturated heterocycles. The molecule has 0 aliphatic heterocycles. The summed E-state index contributed by atoms with van der Waals surface area (Å²) >= 11 is 0. The molecule has 6 heteroatoms. The molecular weight excluding hydrogens is 356 g/mol. The van der Waals surface area contributed by atoms with Crippen LogP contribution >= 0.6 is 0 Å². The van der Waals surface area contributed by atoms with E-state index in [1.165, 1.54) is 0 Å². The van der Waals surface area contributed by atoms with Crippen molar-refractivity contribution >= 4 is 23.2 Å². The highest BCUT2D eigenvalue weighted by molar-refractivity contribution is 6.08. The summed E-state index contributed by atoms with van der Waals surface area (Å²) in [5.41, 5.74) is 1.92. The van der Waals surface area contributed by atoms with E-state index >= 15 is 0 Å². The molecule has 2 aromatic carbocycles. The van der Waals surface area contributed by atoms with Gasteiger partial charge < -0.3 is 20.1 Å². The zero-order valence-corrected chi connectivity index (χ0v) is 16.0. The van der Waals surface area contributed by atoms with Gasteiger partial charge in [-0.05, 0) is 62.4 Å². The maximum Gasteiger partial charge on any atom is 0.232 e. The number of rotatable bonds is 8. The summed E-state index contributed by atoms with van der Waals surface area (Å²) in [4.78, 5) is 25.0. The molecule has 2 atom stereocenters. The molecule has 1 aliphatic carbocycles. The Labute approximate surface area is 164 Å². The number of carbonyl (C=O) groups is 2. The van der Waals surface area contributed by atoms with Crippen LogP contribution in [0.3, 0.4) is 0 Å². The lowest BCUT2D eigenvalue weighted by Crippen LogP contribution is -2.20. The Morgan fingerprint density at radius 2 is 1.14 bits per heavy atom. The first-order chi connectivity index (χ1) is 13.5. The maximum absolute atomic E-state index is 12.5. The number of hydrogen-bond acceptors (Lipinski definition) is 4. The van der Waals surface area contributed by atoms with E-state index in [0.29, 0.717) is 30.2 Å². The van der Waals surface area contributed by atoms with Gasteiger partial charge in [-0.3, -0.25) is 9.59 Å². The lowest BCUT2D eigenvalue weighted by molar-refractivity contribution is -0.122. The molecule has 1 fully saturated rings. The number of nitrogens with one attached hydrogen (secondary N) is 2. The van der Waals surface area contributed by atoms with Crippen molar-refractivity contribution in [2.45, 2.75) is 13.8 Å².